The van der Waals surface area contributed by atoms with Crippen LogP contribution in [0.3, 0.4) is 0 Å². The zero-order valence-corrected chi connectivity index (χ0v) is 12.7. The summed E-state index contributed by atoms with van der Waals surface area (Å²) in [5, 5.41) is 2.90. The lowest BCUT2D eigenvalue weighted by Gasteiger charge is -2.07. The van der Waals surface area contributed by atoms with Crippen molar-refractivity contribution in [3.8, 4) is 11.8 Å². The molecule has 0 atom stereocenters. The summed E-state index contributed by atoms with van der Waals surface area (Å²) < 4.78 is 0. The zero-order valence-electron chi connectivity index (χ0n) is 11.8. The molecule has 3 N–H and O–H groups in total. The van der Waals surface area contributed by atoms with Gasteiger partial charge < -0.3 is 11.1 Å². The highest BCUT2D eigenvalue weighted by atomic mass is 32.1. The van der Waals surface area contributed by atoms with Crippen molar-refractivity contribution in [3.63, 3.8) is 0 Å². The number of nitrogens with one attached hydrogen (secondary N) is 1. The highest BCUT2D eigenvalue weighted by Crippen LogP contribution is 2.15. The van der Waals surface area contributed by atoms with Crippen molar-refractivity contribution in [1.82, 2.24) is 10.3 Å². The van der Waals surface area contributed by atoms with E-state index >= 15 is 0 Å². The number of thiophene rings is 1. The second kappa shape index (κ2) is 7.58. The summed E-state index contributed by atoms with van der Waals surface area (Å²) in [4.78, 5) is 17.9. The molecule has 0 bridgehead atoms. The smallest absolute Gasteiger partial charge is 0.261 e. The Kier molecular flexibility index (Phi) is 5.50. The molecule has 0 aliphatic rings. The molecule has 2 aromatic rings. The van der Waals surface area contributed by atoms with E-state index in [1.54, 1.807) is 12.3 Å². The highest BCUT2D eigenvalue weighted by molar-refractivity contribution is 7.14. The lowest BCUT2D eigenvalue weighted by atomic mass is 10.1. The van der Waals surface area contributed by atoms with Crippen LogP contribution in [0.1, 0.15) is 32.7 Å². The summed E-state index contributed by atoms with van der Waals surface area (Å²) in [6.45, 7) is 2.83. The molecule has 2 rings (SSSR count). The second-order valence-electron chi connectivity index (χ2n) is 4.32. The summed E-state index contributed by atoms with van der Waals surface area (Å²) in [6.07, 6.45) is 2.64. The van der Waals surface area contributed by atoms with Crippen molar-refractivity contribution in [2.75, 3.05) is 6.54 Å². The number of rotatable bonds is 4. The summed E-state index contributed by atoms with van der Waals surface area (Å²) >= 11 is 1.36. The minimum absolute atomic E-state index is 0.103. The average molecular weight is 299 g/mol. The zero-order chi connectivity index (χ0) is 15.1. The van der Waals surface area contributed by atoms with Crippen molar-refractivity contribution in [3.05, 3.63) is 51.5 Å². The van der Waals surface area contributed by atoms with E-state index in [4.69, 9.17) is 5.73 Å². The first-order valence-electron chi connectivity index (χ1n) is 6.74. The third-order valence-electron chi connectivity index (χ3n) is 2.93. The molecular weight excluding hydrogens is 282 g/mol. The van der Waals surface area contributed by atoms with Crippen molar-refractivity contribution >= 4 is 17.2 Å². The van der Waals surface area contributed by atoms with Gasteiger partial charge in [0, 0.05) is 6.20 Å². The van der Waals surface area contributed by atoms with E-state index < -0.39 is 0 Å². The summed E-state index contributed by atoms with van der Waals surface area (Å²) in [5.41, 5.74) is 7.39. The lowest BCUT2D eigenvalue weighted by molar-refractivity contribution is 0.0954. The molecule has 0 fully saturated rings. The summed E-state index contributed by atoms with van der Waals surface area (Å²) in [5.74, 6) is 5.60. The molecule has 0 unspecified atom stereocenters. The Morgan fingerprint density at radius 3 is 3.05 bits per heavy atom. The van der Waals surface area contributed by atoms with Crippen LogP contribution in [0.4, 0.5) is 0 Å². The maximum atomic E-state index is 12.1. The van der Waals surface area contributed by atoms with E-state index in [1.165, 1.54) is 11.3 Å². The maximum Gasteiger partial charge on any atom is 0.261 e. The highest BCUT2D eigenvalue weighted by Gasteiger charge is 2.09. The molecular formula is C16H17N3OS. The van der Waals surface area contributed by atoms with E-state index in [0.717, 1.165) is 22.6 Å². The number of aryl methyl sites for hydroxylation is 1. The van der Waals surface area contributed by atoms with Gasteiger partial charge in [-0.05, 0) is 30.2 Å². The van der Waals surface area contributed by atoms with Crippen LogP contribution in [-0.4, -0.2) is 17.4 Å². The molecule has 0 saturated heterocycles. The first kappa shape index (κ1) is 15.2. The molecule has 21 heavy (non-hydrogen) atoms. The third-order valence-corrected chi connectivity index (χ3v) is 3.92. The van der Waals surface area contributed by atoms with Gasteiger partial charge in [0.05, 0.1) is 28.5 Å². The predicted molar refractivity (Wildman–Crippen MR) is 85.0 cm³/mol. The van der Waals surface area contributed by atoms with Gasteiger partial charge in [-0.3, -0.25) is 9.78 Å². The molecule has 0 radical (unpaired) electrons. The van der Waals surface area contributed by atoms with E-state index in [9.17, 15) is 4.79 Å². The first-order valence-corrected chi connectivity index (χ1v) is 7.56. The van der Waals surface area contributed by atoms with Crippen molar-refractivity contribution < 1.29 is 4.79 Å². The van der Waals surface area contributed by atoms with Crippen LogP contribution in [-0.2, 0) is 13.0 Å². The fraction of sp³-hybridized carbons (Fsp3) is 0.250. The van der Waals surface area contributed by atoms with Crippen LogP contribution >= 0.6 is 11.3 Å². The van der Waals surface area contributed by atoms with Crippen LogP contribution in [0.25, 0.3) is 0 Å². The number of pyridine rings is 1. The molecule has 2 aromatic heterocycles. The summed E-state index contributed by atoms with van der Waals surface area (Å²) in [6, 6.07) is 7.55. The molecule has 5 heteroatoms. The monoisotopic (exact) mass is 299 g/mol. The Balaban J connectivity index is 2.00. The first-order chi connectivity index (χ1) is 10.2. The molecule has 0 saturated carbocycles. The molecule has 1 amide bonds. The maximum absolute atomic E-state index is 12.1. The number of carbonyl (C=O) groups is 1. The van der Waals surface area contributed by atoms with Crippen LogP contribution in [0, 0.1) is 11.8 Å². The van der Waals surface area contributed by atoms with E-state index in [2.05, 4.69) is 29.1 Å². The molecule has 108 valence electrons. The molecule has 2 heterocycles. The fourth-order valence-electron chi connectivity index (χ4n) is 1.87. The van der Waals surface area contributed by atoms with Gasteiger partial charge in [-0.25, -0.2) is 0 Å². The third kappa shape index (κ3) is 4.15. The normalized spacial score (nSPS) is 9.81. The second-order valence-corrected chi connectivity index (χ2v) is 5.40. The van der Waals surface area contributed by atoms with Gasteiger partial charge in [-0.2, -0.15) is 0 Å². The molecule has 0 spiro atoms. The molecule has 0 aromatic carbocycles. The van der Waals surface area contributed by atoms with Crippen molar-refractivity contribution in [2.45, 2.75) is 19.9 Å². The largest absolute Gasteiger partial charge is 0.346 e. The van der Waals surface area contributed by atoms with Gasteiger partial charge in [0.15, 0.2) is 0 Å². The van der Waals surface area contributed by atoms with Crippen LogP contribution < -0.4 is 11.1 Å². The number of aromatic nitrogens is 1. The average Bonchev–Trinajstić information content (AvgIpc) is 2.99. The van der Waals surface area contributed by atoms with Gasteiger partial charge in [-0.15, -0.1) is 11.3 Å². The van der Waals surface area contributed by atoms with Gasteiger partial charge in [0.1, 0.15) is 0 Å². The minimum atomic E-state index is -0.103. The van der Waals surface area contributed by atoms with Gasteiger partial charge in [0.25, 0.3) is 5.91 Å². The Morgan fingerprint density at radius 1 is 1.43 bits per heavy atom. The number of carbonyl (C=O) groups excluding carboxylic acids is 1. The number of hydrogen-bond acceptors (Lipinski definition) is 4. The molecule has 4 nitrogen and oxygen atoms in total. The van der Waals surface area contributed by atoms with E-state index in [-0.39, 0.29) is 5.91 Å². The number of nitrogens with two attached hydrogens (primary N) is 1. The van der Waals surface area contributed by atoms with Gasteiger partial charge in [0.2, 0.25) is 0 Å². The lowest BCUT2D eigenvalue weighted by Crippen LogP contribution is -2.23. The Hall–Kier alpha value is -2.16. The number of amides is 1. The fourth-order valence-corrected chi connectivity index (χ4v) is 2.67. The van der Waals surface area contributed by atoms with Crippen molar-refractivity contribution in [2.24, 2.45) is 5.73 Å². The SMILES string of the molecule is CCc1cccnc1CNC(=O)c1ccc(C#CCN)s1. The standard InChI is InChI=1S/C16H17N3OS/c1-2-12-5-4-10-18-14(12)11-19-16(20)15-8-7-13(21-15)6-3-9-17/h4-5,7-8,10H,2,9,11,17H2,1H3,(H,19,20). The van der Waals surface area contributed by atoms with E-state index in [1.807, 2.05) is 18.2 Å². The molecule has 0 aliphatic carbocycles. The van der Waals surface area contributed by atoms with Crippen LogP contribution in [0.15, 0.2) is 30.5 Å². The topological polar surface area (TPSA) is 68.0 Å². The van der Waals surface area contributed by atoms with E-state index in [0.29, 0.717) is 18.0 Å². The summed E-state index contributed by atoms with van der Waals surface area (Å²) in [7, 11) is 0. The number of nitrogens with zero attached hydrogens (tertiary/aromatic N) is 1. The minimum Gasteiger partial charge on any atom is -0.346 e. The van der Waals surface area contributed by atoms with Gasteiger partial charge in [-0.1, -0.05) is 24.8 Å². The Labute approximate surface area is 128 Å². The Morgan fingerprint density at radius 2 is 2.29 bits per heavy atom. The quantitative estimate of drug-likeness (QED) is 0.848. The van der Waals surface area contributed by atoms with Crippen LogP contribution in [0.2, 0.25) is 0 Å². The van der Waals surface area contributed by atoms with Crippen LogP contribution in [0.5, 0.6) is 0 Å². The molecule has 0 aliphatic heterocycles. The van der Waals surface area contributed by atoms with Gasteiger partial charge >= 0.3 is 0 Å². The predicted octanol–water partition coefficient (Wildman–Crippen LogP) is 1.95. The van der Waals surface area contributed by atoms with Crippen molar-refractivity contribution in [1.29, 1.82) is 0 Å². The number of hydrogen-bond donors (Lipinski definition) is 2. The Bertz CT molecular complexity index is 682.